The Balaban J connectivity index is 2.37. The van der Waals surface area contributed by atoms with Crippen LogP contribution in [0.1, 0.15) is 30.9 Å². The third-order valence-corrected chi connectivity index (χ3v) is 3.04. The zero-order valence-corrected chi connectivity index (χ0v) is 11.2. The van der Waals surface area contributed by atoms with Crippen LogP contribution in [0.4, 0.5) is 0 Å². The van der Waals surface area contributed by atoms with Crippen molar-refractivity contribution in [3.63, 3.8) is 0 Å². The van der Waals surface area contributed by atoms with Gasteiger partial charge in [-0.2, -0.15) is 0 Å². The van der Waals surface area contributed by atoms with Crippen LogP contribution in [0.3, 0.4) is 0 Å². The number of unbranched alkanes of at least 4 members (excludes halogenated alkanes) is 1. The maximum Gasteiger partial charge on any atom is 0.224 e. The van der Waals surface area contributed by atoms with Crippen LogP contribution in [-0.2, 0) is 16.5 Å². The van der Waals surface area contributed by atoms with Gasteiger partial charge in [-0.05, 0) is 17.5 Å². The summed E-state index contributed by atoms with van der Waals surface area (Å²) in [5.74, 6) is 0.111. The molecule has 0 saturated carbocycles. The first kappa shape index (κ1) is 13.2. The van der Waals surface area contributed by atoms with Gasteiger partial charge in [0.1, 0.15) is 0 Å². The number of carbonyl (C=O) groups excluding carboxylic acids is 1. The molecule has 0 saturated heterocycles. The lowest BCUT2D eigenvalue weighted by Gasteiger charge is -2.04. The topological polar surface area (TPSA) is 29.1 Å². The van der Waals surface area contributed by atoms with Gasteiger partial charge in [0.25, 0.3) is 0 Å². The minimum Gasteiger partial charge on any atom is -0.356 e. The van der Waals surface area contributed by atoms with Gasteiger partial charge in [0.05, 0.1) is 6.42 Å². The van der Waals surface area contributed by atoms with Gasteiger partial charge >= 0.3 is 0 Å². The van der Waals surface area contributed by atoms with Crippen molar-refractivity contribution >= 4 is 21.8 Å². The van der Waals surface area contributed by atoms with Crippen LogP contribution in [0.15, 0.2) is 24.3 Å². The van der Waals surface area contributed by atoms with Crippen LogP contribution < -0.4 is 5.32 Å². The highest BCUT2D eigenvalue weighted by Gasteiger charge is 2.02. The smallest absolute Gasteiger partial charge is 0.224 e. The lowest BCUT2D eigenvalue weighted by Crippen LogP contribution is -2.25. The Morgan fingerprint density at radius 3 is 2.44 bits per heavy atom. The van der Waals surface area contributed by atoms with Crippen LogP contribution in [0.5, 0.6) is 0 Å². The van der Waals surface area contributed by atoms with Crippen molar-refractivity contribution in [1.82, 2.24) is 5.32 Å². The molecule has 1 amide bonds. The monoisotopic (exact) mass is 283 g/mol. The molecule has 0 bridgehead atoms. The second-order valence-electron chi connectivity index (χ2n) is 3.83. The summed E-state index contributed by atoms with van der Waals surface area (Å²) in [4.78, 5) is 11.5. The van der Waals surface area contributed by atoms with Crippen molar-refractivity contribution in [1.29, 1.82) is 0 Å². The number of hydrogen-bond acceptors (Lipinski definition) is 1. The number of alkyl halides is 1. The predicted molar refractivity (Wildman–Crippen MR) is 70.7 cm³/mol. The average molecular weight is 284 g/mol. The summed E-state index contributed by atoms with van der Waals surface area (Å²) in [5, 5.41) is 3.77. The molecule has 1 aromatic carbocycles. The number of carbonyl (C=O) groups is 1. The van der Waals surface area contributed by atoms with Crippen molar-refractivity contribution in [2.75, 3.05) is 6.54 Å². The zero-order valence-electron chi connectivity index (χ0n) is 9.63. The maximum atomic E-state index is 11.5. The molecule has 3 heteroatoms. The first-order valence-electron chi connectivity index (χ1n) is 5.66. The molecular weight excluding hydrogens is 266 g/mol. The van der Waals surface area contributed by atoms with Gasteiger partial charge in [-0.15, -0.1) is 0 Å². The van der Waals surface area contributed by atoms with Gasteiger partial charge < -0.3 is 5.32 Å². The number of amides is 1. The quantitative estimate of drug-likeness (QED) is 0.631. The fraction of sp³-hybridized carbons (Fsp3) is 0.462. The van der Waals surface area contributed by atoms with E-state index in [0.717, 1.165) is 30.3 Å². The van der Waals surface area contributed by atoms with E-state index in [9.17, 15) is 4.79 Å². The average Bonchev–Trinajstić information content (AvgIpc) is 2.30. The van der Waals surface area contributed by atoms with E-state index in [2.05, 4.69) is 28.2 Å². The Morgan fingerprint density at radius 1 is 1.25 bits per heavy atom. The molecule has 2 nitrogen and oxygen atoms in total. The maximum absolute atomic E-state index is 11.5. The molecule has 88 valence electrons. The van der Waals surface area contributed by atoms with E-state index in [1.807, 2.05) is 24.3 Å². The van der Waals surface area contributed by atoms with Crippen LogP contribution >= 0.6 is 15.9 Å². The standard InChI is InChI=1S/C13H18BrNO/c1-2-3-8-15-13(16)9-11-4-6-12(10-14)7-5-11/h4-7H,2-3,8-10H2,1H3,(H,15,16). The van der Waals surface area contributed by atoms with Gasteiger partial charge in [-0.3, -0.25) is 4.79 Å². The number of rotatable bonds is 6. The first-order chi connectivity index (χ1) is 7.76. The molecule has 0 unspecified atom stereocenters. The third kappa shape index (κ3) is 4.79. The minimum absolute atomic E-state index is 0.111. The van der Waals surface area contributed by atoms with Gasteiger partial charge in [-0.1, -0.05) is 53.5 Å². The normalized spacial score (nSPS) is 10.1. The Hall–Kier alpha value is -0.830. The summed E-state index contributed by atoms with van der Waals surface area (Å²) in [6.45, 7) is 2.90. The highest BCUT2D eigenvalue weighted by molar-refractivity contribution is 9.08. The van der Waals surface area contributed by atoms with E-state index in [1.165, 1.54) is 5.56 Å². The summed E-state index contributed by atoms with van der Waals surface area (Å²) in [6, 6.07) is 8.11. The van der Waals surface area contributed by atoms with Crippen LogP contribution in [0.2, 0.25) is 0 Å². The Labute approximate surface area is 106 Å². The van der Waals surface area contributed by atoms with Gasteiger partial charge in [0.2, 0.25) is 5.91 Å². The summed E-state index contributed by atoms with van der Waals surface area (Å²) in [6.07, 6.45) is 2.64. The van der Waals surface area contributed by atoms with Crippen LogP contribution in [0.25, 0.3) is 0 Å². The molecule has 0 aliphatic carbocycles. The fourth-order valence-electron chi connectivity index (χ4n) is 1.40. The van der Waals surface area contributed by atoms with Gasteiger partial charge in [0, 0.05) is 11.9 Å². The van der Waals surface area contributed by atoms with Gasteiger partial charge in [0.15, 0.2) is 0 Å². The fourth-order valence-corrected chi connectivity index (χ4v) is 1.77. The third-order valence-electron chi connectivity index (χ3n) is 2.39. The molecule has 0 aliphatic rings. The van der Waals surface area contributed by atoms with Gasteiger partial charge in [-0.25, -0.2) is 0 Å². The lowest BCUT2D eigenvalue weighted by molar-refractivity contribution is -0.120. The number of halogens is 1. The predicted octanol–water partition coefficient (Wildman–Crippen LogP) is 3.04. The Bertz CT molecular complexity index is 321. The highest BCUT2D eigenvalue weighted by atomic mass is 79.9. The van der Waals surface area contributed by atoms with Crippen LogP contribution in [-0.4, -0.2) is 12.5 Å². The van der Waals surface area contributed by atoms with Crippen molar-refractivity contribution in [2.45, 2.75) is 31.5 Å². The van der Waals surface area contributed by atoms with Crippen LogP contribution in [0, 0.1) is 0 Å². The van der Waals surface area contributed by atoms with Crippen molar-refractivity contribution < 1.29 is 4.79 Å². The lowest BCUT2D eigenvalue weighted by atomic mass is 10.1. The molecular formula is C13H18BrNO. The summed E-state index contributed by atoms with van der Waals surface area (Å²) in [5.41, 5.74) is 2.30. The molecule has 0 atom stereocenters. The highest BCUT2D eigenvalue weighted by Crippen LogP contribution is 2.08. The van der Waals surface area contributed by atoms with Crippen molar-refractivity contribution in [3.05, 3.63) is 35.4 Å². The molecule has 0 spiro atoms. The van der Waals surface area contributed by atoms with E-state index in [1.54, 1.807) is 0 Å². The van der Waals surface area contributed by atoms with E-state index in [-0.39, 0.29) is 5.91 Å². The molecule has 1 N–H and O–H groups in total. The van der Waals surface area contributed by atoms with E-state index >= 15 is 0 Å². The summed E-state index contributed by atoms with van der Waals surface area (Å²) < 4.78 is 0. The van der Waals surface area contributed by atoms with E-state index in [4.69, 9.17) is 0 Å². The first-order valence-corrected chi connectivity index (χ1v) is 6.79. The molecule has 0 heterocycles. The molecule has 0 aromatic heterocycles. The number of nitrogens with one attached hydrogen (secondary N) is 1. The second-order valence-corrected chi connectivity index (χ2v) is 4.39. The second kappa shape index (κ2) is 7.44. The van der Waals surface area contributed by atoms with E-state index < -0.39 is 0 Å². The molecule has 1 rings (SSSR count). The number of hydrogen-bond donors (Lipinski definition) is 1. The minimum atomic E-state index is 0.111. The Kier molecular flexibility index (Phi) is 6.16. The molecule has 16 heavy (non-hydrogen) atoms. The summed E-state index contributed by atoms with van der Waals surface area (Å²) >= 11 is 3.40. The van der Waals surface area contributed by atoms with Crippen molar-refractivity contribution in [2.24, 2.45) is 0 Å². The summed E-state index contributed by atoms with van der Waals surface area (Å²) in [7, 11) is 0. The molecule has 0 radical (unpaired) electrons. The Morgan fingerprint density at radius 2 is 1.88 bits per heavy atom. The largest absolute Gasteiger partial charge is 0.356 e. The van der Waals surface area contributed by atoms with E-state index in [0.29, 0.717) is 6.42 Å². The number of benzene rings is 1. The molecule has 0 aliphatic heterocycles. The molecule has 0 fully saturated rings. The van der Waals surface area contributed by atoms with Crippen molar-refractivity contribution in [3.8, 4) is 0 Å². The SMILES string of the molecule is CCCCNC(=O)Cc1ccc(CBr)cc1. The molecule has 1 aromatic rings. The zero-order chi connectivity index (χ0) is 11.8.